The van der Waals surface area contributed by atoms with Crippen LogP contribution in [0.15, 0.2) is 24.3 Å². The highest BCUT2D eigenvalue weighted by Crippen LogP contribution is 2.13. The highest BCUT2D eigenvalue weighted by atomic mass is 35.5. The van der Waals surface area contributed by atoms with Crippen LogP contribution in [0.2, 0.25) is 0 Å². The summed E-state index contributed by atoms with van der Waals surface area (Å²) in [7, 11) is 0. The van der Waals surface area contributed by atoms with E-state index in [1.54, 1.807) is 6.07 Å². The van der Waals surface area contributed by atoms with Gasteiger partial charge >= 0.3 is 0 Å². The predicted octanol–water partition coefficient (Wildman–Crippen LogP) is 2.27. The number of morpholine rings is 1. The minimum Gasteiger partial charge on any atom is -0.374 e. The zero-order valence-corrected chi connectivity index (χ0v) is 9.79. The summed E-state index contributed by atoms with van der Waals surface area (Å²) >= 11 is 5.75. The first kappa shape index (κ1) is 11.8. The minimum atomic E-state index is -0.142. The maximum atomic E-state index is 13.4. The van der Waals surface area contributed by atoms with Crippen LogP contribution >= 0.6 is 11.6 Å². The van der Waals surface area contributed by atoms with Gasteiger partial charge in [-0.1, -0.05) is 18.2 Å². The van der Waals surface area contributed by atoms with Crippen molar-refractivity contribution in [2.45, 2.75) is 12.6 Å². The van der Waals surface area contributed by atoms with Crippen LogP contribution in [0.25, 0.3) is 0 Å². The minimum absolute atomic E-state index is 0.0715. The van der Waals surface area contributed by atoms with Crippen LogP contribution in [-0.2, 0) is 11.3 Å². The first-order valence-corrected chi connectivity index (χ1v) is 5.96. The van der Waals surface area contributed by atoms with Crippen LogP contribution in [0.4, 0.5) is 4.39 Å². The van der Waals surface area contributed by atoms with Crippen molar-refractivity contribution in [1.82, 2.24) is 4.90 Å². The number of alkyl halides is 1. The van der Waals surface area contributed by atoms with E-state index in [0.717, 1.165) is 18.7 Å². The van der Waals surface area contributed by atoms with Crippen LogP contribution in [0.1, 0.15) is 5.56 Å². The summed E-state index contributed by atoms with van der Waals surface area (Å²) < 4.78 is 18.9. The SMILES string of the molecule is Fc1ccccc1CN1CCOC(CCl)C1. The highest BCUT2D eigenvalue weighted by molar-refractivity contribution is 6.18. The Labute approximate surface area is 100.0 Å². The van der Waals surface area contributed by atoms with Crippen molar-refractivity contribution < 1.29 is 9.13 Å². The molecule has 0 spiro atoms. The zero-order valence-electron chi connectivity index (χ0n) is 9.03. The van der Waals surface area contributed by atoms with Gasteiger partial charge in [0.05, 0.1) is 12.7 Å². The largest absolute Gasteiger partial charge is 0.374 e. The molecule has 1 aliphatic heterocycles. The van der Waals surface area contributed by atoms with Gasteiger partial charge in [-0.25, -0.2) is 4.39 Å². The molecule has 0 aromatic heterocycles. The molecule has 0 bridgehead atoms. The van der Waals surface area contributed by atoms with E-state index in [1.807, 2.05) is 12.1 Å². The maximum absolute atomic E-state index is 13.4. The number of ether oxygens (including phenoxy) is 1. The van der Waals surface area contributed by atoms with E-state index in [1.165, 1.54) is 6.07 Å². The summed E-state index contributed by atoms with van der Waals surface area (Å²) in [5.41, 5.74) is 0.734. The van der Waals surface area contributed by atoms with Gasteiger partial charge in [0.2, 0.25) is 0 Å². The normalized spacial score (nSPS) is 22.2. The zero-order chi connectivity index (χ0) is 11.4. The molecule has 0 amide bonds. The molecule has 0 aliphatic carbocycles. The van der Waals surface area contributed by atoms with E-state index < -0.39 is 0 Å². The van der Waals surface area contributed by atoms with Crippen LogP contribution < -0.4 is 0 Å². The molecule has 2 nitrogen and oxygen atoms in total. The predicted molar refractivity (Wildman–Crippen MR) is 62.1 cm³/mol. The van der Waals surface area contributed by atoms with Gasteiger partial charge in [0.1, 0.15) is 5.82 Å². The summed E-state index contributed by atoms with van der Waals surface area (Å²) in [6, 6.07) is 6.88. The van der Waals surface area contributed by atoms with E-state index in [2.05, 4.69) is 4.90 Å². The monoisotopic (exact) mass is 243 g/mol. The molecule has 1 saturated heterocycles. The number of nitrogens with zero attached hydrogens (tertiary/aromatic N) is 1. The molecule has 1 aromatic rings. The first-order valence-electron chi connectivity index (χ1n) is 5.43. The fraction of sp³-hybridized carbons (Fsp3) is 0.500. The van der Waals surface area contributed by atoms with Crippen molar-refractivity contribution in [3.05, 3.63) is 35.6 Å². The lowest BCUT2D eigenvalue weighted by molar-refractivity contribution is -0.0197. The van der Waals surface area contributed by atoms with Crippen molar-refractivity contribution in [3.8, 4) is 0 Å². The quantitative estimate of drug-likeness (QED) is 0.756. The summed E-state index contributed by atoms with van der Waals surface area (Å²) in [4.78, 5) is 2.18. The Balaban J connectivity index is 1.97. The molecule has 0 radical (unpaired) electrons. The van der Waals surface area contributed by atoms with Crippen molar-refractivity contribution in [3.63, 3.8) is 0 Å². The molecule has 88 valence electrons. The van der Waals surface area contributed by atoms with Gasteiger partial charge in [0, 0.05) is 31.1 Å². The molecule has 1 fully saturated rings. The van der Waals surface area contributed by atoms with Crippen molar-refractivity contribution >= 4 is 11.6 Å². The summed E-state index contributed by atoms with van der Waals surface area (Å²) in [6.45, 7) is 2.91. The van der Waals surface area contributed by atoms with Gasteiger partial charge in [-0.05, 0) is 6.07 Å². The second kappa shape index (κ2) is 5.62. The van der Waals surface area contributed by atoms with Gasteiger partial charge in [-0.2, -0.15) is 0 Å². The fourth-order valence-electron chi connectivity index (χ4n) is 1.88. The second-order valence-corrected chi connectivity index (χ2v) is 4.28. The third-order valence-electron chi connectivity index (χ3n) is 2.75. The summed E-state index contributed by atoms with van der Waals surface area (Å²) in [5.74, 6) is 0.352. The molecule has 1 unspecified atom stereocenters. The van der Waals surface area contributed by atoms with Crippen LogP contribution in [-0.4, -0.2) is 36.6 Å². The Bertz CT molecular complexity index is 348. The van der Waals surface area contributed by atoms with Crippen molar-refractivity contribution in [1.29, 1.82) is 0 Å². The van der Waals surface area contributed by atoms with E-state index >= 15 is 0 Å². The molecule has 4 heteroatoms. The fourth-order valence-corrected chi connectivity index (χ4v) is 2.07. The van der Waals surface area contributed by atoms with Gasteiger partial charge < -0.3 is 4.74 Å². The van der Waals surface area contributed by atoms with Crippen molar-refractivity contribution in [2.75, 3.05) is 25.6 Å². The average Bonchev–Trinajstić information content (AvgIpc) is 2.32. The lowest BCUT2D eigenvalue weighted by Gasteiger charge is -2.32. The summed E-state index contributed by atoms with van der Waals surface area (Å²) in [6.07, 6.45) is 0.0715. The van der Waals surface area contributed by atoms with E-state index in [9.17, 15) is 4.39 Å². The Hall–Kier alpha value is -0.640. The molecule has 1 aromatic carbocycles. The Morgan fingerprint density at radius 2 is 2.25 bits per heavy atom. The average molecular weight is 244 g/mol. The van der Waals surface area contributed by atoms with Crippen LogP contribution in [0.3, 0.4) is 0 Å². The van der Waals surface area contributed by atoms with E-state index in [4.69, 9.17) is 16.3 Å². The molecule has 2 rings (SSSR count). The number of benzene rings is 1. The second-order valence-electron chi connectivity index (χ2n) is 3.97. The number of rotatable bonds is 3. The smallest absolute Gasteiger partial charge is 0.127 e. The molecule has 1 aliphatic rings. The lowest BCUT2D eigenvalue weighted by Crippen LogP contribution is -2.42. The van der Waals surface area contributed by atoms with Gasteiger partial charge in [0.25, 0.3) is 0 Å². The Kier molecular flexibility index (Phi) is 4.16. The molecule has 16 heavy (non-hydrogen) atoms. The van der Waals surface area contributed by atoms with E-state index in [0.29, 0.717) is 19.0 Å². The van der Waals surface area contributed by atoms with Crippen LogP contribution in [0, 0.1) is 5.82 Å². The topological polar surface area (TPSA) is 12.5 Å². The third kappa shape index (κ3) is 2.94. The maximum Gasteiger partial charge on any atom is 0.127 e. The van der Waals surface area contributed by atoms with Gasteiger partial charge in [0.15, 0.2) is 0 Å². The molecule has 0 N–H and O–H groups in total. The standard InChI is InChI=1S/C12H15ClFNO/c13-7-11-9-15(5-6-16-11)8-10-3-1-2-4-12(10)14/h1-4,11H,5-9H2. The first-order chi connectivity index (χ1) is 7.79. The highest BCUT2D eigenvalue weighted by Gasteiger charge is 2.20. The number of halogens is 2. The van der Waals surface area contributed by atoms with Gasteiger partial charge in [-0.15, -0.1) is 11.6 Å². The molecule has 1 heterocycles. The summed E-state index contributed by atoms with van der Waals surface area (Å²) in [5, 5.41) is 0. The van der Waals surface area contributed by atoms with Crippen molar-refractivity contribution in [2.24, 2.45) is 0 Å². The molecule has 0 saturated carbocycles. The van der Waals surface area contributed by atoms with E-state index in [-0.39, 0.29) is 11.9 Å². The third-order valence-corrected chi connectivity index (χ3v) is 3.09. The number of hydrogen-bond acceptors (Lipinski definition) is 2. The number of hydrogen-bond donors (Lipinski definition) is 0. The van der Waals surface area contributed by atoms with Crippen LogP contribution in [0.5, 0.6) is 0 Å². The molecule has 1 atom stereocenters. The Morgan fingerprint density at radius 1 is 1.44 bits per heavy atom. The molecular formula is C12H15ClFNO. The molecular weight excluding hydrogens is 229 g/mol. The lowest BCUT2D eigenvalue weighted by atomic mass is 10.2. The Morgan fingerprint density at radius 3 is 3.00 bits per heavy atom. The van der Waals surface area contributed by atoms with Gasteiger partial charge in [-0.3, -0.25) is 4.90 Å².